The molecule has 0 spiro atoms. The van der Waals surface area contributed by atoms with Gasteiger partial charge in [0.15, 0.2) is 5.82 Å². The fourth-order valence-electron chi connectivity index (χ4n) is 4.87. The SMILES string of the molecule is Cc1cc(-c2nc3cc4nc(C)[nH]c4cc3[nH]2)n[nH]1.Cc1cccc(-c2nc3cc4nc(C)[nH]c4cc3[nH]2)c1. The third-order valence-corrected chi connectivity index (χ3v) is 6.65. The molecule has 0 radical (unpaired) electrons. The molecule has 0 amide bonds. The van der Waals surface area contributed by atoms with E-state index in [2.05, 4.69) is 81.3 Å². The molecule has 5 aromatic heterocycles. The number of fused-ring (bicyclic) bond motifs is 4. The largest absolute Gasteiger partial charge is 0.342 e. The molecular weight excluding hydrogens is 488 g/mol. The van der Waals surface area contributed by atoms with Gasteiger partial charge in [0.1, 0.15) is 23.2 Å². The Hall–Kier alpha value is -5.25. The molecule has 0 aliphatic heterocycles. The molecule has 0 saturated heterocycles. The van der Waals surface area contributed by atoms with Crippen LogP contribution in [0.1, 0.15) is 22.9 Å². The minimum absolute atomic E-state index is 0.767. The lowest BCUT2D eigenvalue weighted by Crippen LogP contribution is -1.80. The molecule has 5 heterocycles. The molecule has 5 N–H and O–H groups in total. The molecule has 0 saturated carbocycles. The highest BCUT2D eigenvalue weighted by atomic mass is 15.1. The summed E-state index contributed by atoms with van der Waals surface area (Å²) in [7, 11) is 0. The predicted molar refractivity (Wildman–Crippen MR) is 153 cm³/mol. The zero-order valence-electron chi connectivity index (χ0n) is 21.9. The minimum Gasteiger partial charge on any atom is -0.342 e. The zero-order chi connectivity index (χ0) is 26.7. The number of hydrogen-bond acceptors (Lipinski definition) is 5. The molecule has 0 unspecified atom stereocenters. The van der Waals surface area contributed by atoms with Crippen LogP contribution in [0.2, 0.25) is 0 Å². The number of aromatic amines is 5. The van der Waals surface area contributed by atoms with Gasteiger partial charge in [-0.3, -0.25) is 5.10 Å². The minimum atomic E-state index is 0.767. The lowest BCUT2D eigenvalue weighted by atomic mass is 10.1. The van der Waals surface area contributed by atoms with Crippen molar-refractivity contribution in [3.8, 4) is 22.9 Å². The quantitative estimate of drug-likeness (QED) is 0.187. The molecule has 8 rings (SSSR count). The number of imidazole rings is 4. The summed E-state index contributed by atoms with van der Waals surface area (Å²) in [5, 5.41) is 7.13. The van der Waals surface area contributed by atoms with Crippen molar-refractivity contribution in [3.63, 3.8) is 0 Å². The van der Waals surface area contributed by atoms with E-state index >= 15 is 0 Å². The maximum absolute atomic E-state index is 4.67. The maximum Gasteiger partial charge on any atom is 0.159 e. The molecule has 8 aromatic rings. The second kappa shape index (κ2) is 8.66. The highest BCUT2D eigenvalue weighted by Gasteiger charge is 2.11. The molecule has 0 bridgehead atoms. The summed E-state index contributed by atoms with van der Waals surface area (Å²) in [6.07, 6.45) is 0. The summed E-state index contributed by atoms with van der Waals surface area (Å²) in [4.78, 5) is 31.2. The van der Waals surface area contributed by atoms with Crippen LogP contribution in [-0.4, -0.2) is 50.1 Å². The first-order chi connectivity index (χ1) is 18.9. The Morgan fingerprint density at radius 2 is 1.10 bits per heavy atom. The van der Waals surface area contributed by atoms with Crippen LogP contribution in [0.4, 0.5) is 0 Å². The van der Waals surface area contributed by atoms with Crippen LogP contribution in [0.5, 0.6) is 0 Å². The van der Waals surface area contributed by atoms with Gasteiger partial charge in [-0.05, 0) is 64.1 Å². The van der Waals surface area contributed by atoms with Crippen LogP contribution in [0.3, 0.4) is 0 Å². The van der Waals surface area contributed by atoms with Crippen LogP contribution in [0, 0.1) is 27.7 Å². The molecule has 3 aromatic carbocycles. The molecular formula is C29H26N10. The van der Waals surface area contributed by atoms with E-state index in [-0.39, 0.29) is 0 Å². The van der Waals surface area contributed by atoms with Crippen LogP contribution in [-0.2, 0) is 0 Å². The first kappa shape index (κ1) is 22.9. The van der Waals surface area contributed by atoms with Crippen LogP contribution >= 0.6 is 0 Å². The van der Waals surface area contributed by atoms with E-state index in [0.717, 1.165) is 84.4 Å². The van der Waals surface area contributed by atoms with Gasteiger partial charge in [-0.15, -0.1) is 0 Å². The number of aromatic nitrogens is 10. The number of benzene rings is 3. The van der Waals surface area contributed by atoms with Crippen LogP contribution in [0.25, 0.3) is 67.0 Å². The summed E-state index contributed by atoms with van der Waals surface area (Å²) < 4.78 is 0. The second-order valence-electron chi connectivity index (χ2n) is 9.89. The van der Waals surface area contributed by atoms with E-state index < -0.39 is 0 Å². The van der Waals surface area contributed by atoms with E-state index in [1.54, 1.807) is 0 Å². The summed E-state index contributed by atoms with van der Waals surface area (Å²) in [5.41, 5.74) is 12.0. The van der Waals surface area contributed by atoms with Gasteiger partial charge in [0, 0.05) is 11.3 Å². The Morgan fingerprint density at radius 3 is 1.69 bits per heavy atom. The van der Waals surface area contributed by atoms with Crippen molar-refractivity contribution in [1.29, 1.82) is 0 Å². The number of nitrogens with one attached hydrogen (secondary N) is 5. The Balaban J connectivity index is 0.000000130. The van der Waals surface area contributed by atoms with Crippen molar-refractivity contribution in [1.82, 2.24) is 50.1 Å². The fourth-order valence-corrected chi connectivity index (χ4v) is 4.87. The molecule has 0 aliphatic carbocycles. The van der Waals surface area contributed by atoms with E-state index in [1.807, 2.05) is 51.1 Å². The fraction of sp³-hybridized carbons (Fsp3) is 0.138. The first-order valence-corrected chi connectivity index (χ1v) is 12.7. The Morgan fingerprint density at radius 1 is 0.538 bits per heavy atom. The monoisotopic (exact) mass is 514 g/mol. The number of aryl methyl sites for hydroxylation is 4. The predicted octanol–water partition coefficient (Wildman–Crippen LogP) is 6.17. The highest BCUT2D eigenvalue weighted by Crippen LogP contribution is 2.25. The van der Waals surface area contributed by atoms with Gasteiger partial charge in [-0.2, -0.15) is 5.10 Å². The molecule has 0 fully saturated rings. The summed E-state index contributed by atoms with van der Waals surface area (Å²) in [6, 6.07) is 18.4. The third-order valence-electron chi connectivity index (χ3n) is 6.65. The van der Waals surface area contributed by atoms with Gasteiger partial charge in [0.05, 0.1) is 44.1 Å². The molecule has 0 atom stereocenters. The van der Waals surface area contributed by atoms with E-state index in [9.17, 15) is 0 Å². The van der Waals surface area contributed by atoms with Gasteiger partial charge in [-0.25, -0.2) is 19.9 Å². The van der Waals surface area contributed by atoms with Crippen molar-refractivity contribution >= 4 is 44.1 Å². The van der Waals surface area contributed by atoms with Crippen LogP contribution < -0.4 is 0 Å². The topological polar surface area (TPSA) is 143 Å². The van der Waals surface area contributed by atoms with E-state index in [4.69, 9.17) is 0 Å². The lowest BCUT2D eigenvalue weighted by Gasteiger charge is -1.97. The second-order valence-corrected chi connectivity index (χ2v) is 9.89. The van der Waals surface area contributed by atoms with Crippen molar-refractivity contribution in [3.05, 3.63) is 77.5 Å². The van der Waals surface area contributed by atoms with Crippen molar-refractivity contribution in [2.24, 2.45) is 0 Å². The molecule has 0 aliphatic rings. The summed E-state index contributed by atoms with van der Waals surface area (Å²) in [6.45, 7) is 7.96. The number of H-pyrrole nitrogens is 5. The normalized spacial score (nSPS) is 11.6. The number of rotatable bonds is 2. The van der Waals surface area contributed by atoms with Gasteiger partial charge in [0.2, 0.25) is 0 Å². The molecule has 10 heteroatoms. The average molecular weight is 515 g/mol. The first-order valence-electron chi connectivity index (χ1n) is 12.7. The number of nitrogens with zero attached hydrogens (tertiary/aromatic N) is 5. The highest BCUT2D eigenvalue weighted by molar-refractivity contribution is 5.93. The van der Waals surface area contributed by atoms with Gasteiger partial charge in [-0.1, -0.05) is 23.8 Å². The Kier molecular flexibility index (Phi) is 5.09. The smallest absolute Gasteiger partial charge is 0.159 e. The molecule has 10 nitrogen and oxygen atoms in total. The van der Waals surface area contributed by atoms with E-state index in [0.29, 0.717) is 0 Å². The van der Waals surface area contributed by atoms with Crippen molar-refractivity contribution < 1.29 is 0 Å². The standard InChI is InChI=1S/C16H14N4.C13H12N6/c1-9-4-3-5-11(6-9)16-19-14-7-12-13(8-15(14)20-16)18-10(2)17-12;1-6-3-12(19-18-6)13-16-10-4-8-9(5-11(10)17-13)15-7(2)14-8/h3-8H,1-2H3,(H,17,18)(H,19,20);3-5H,1-2H3,(H,14,15)(H,16,17)(H,18,19). The average Bonchev–Trinajstić information content (AvgIpc) is 3.70. The van der Waals surface area contributed by atoms with Gasteiger partial charge in [0.25, 0.3) is 0 Å². The summed E-state index contributed by atoms with van der Waals surface area (Å²) in [5.74, 6) is 3.49. The summed E-state index contributed by atoms with van der Waals surface area (Å²) >= 11 is 0. The molecule has 192 valence electrons. The van der Waals surface area contributed by atoms with Gasteiger partial charge < -0.3 is 19.9 Å². The third kappa shape index (κ3) is 4.21. The lowest BCUT2D eigenvalue weighted by molar-refractivity contribution is 1.04. The Labute approximate surface area is 222 Å². The van der Waals surface area contributed by atoms with E-state index in [1.165, 1.54) is 5.56 Å². The number of hydrogen-bond donors (Lipinski definition) is 5. The van der Waals surface area contributed by atoms with Crippen LogP contribution in [0.15, 0.2) is 54.6 Å². The van der Waals surface area contributed by atoms with Crippen molar-refractivity contribution in [2.45, 2.75) is 27.7 Å². The van der Waals surface area contributed by atoms with Crippen molar-refractivity contribution in [2.75, 3.05) is 0 Å². The molecule has 39 heavy (non-hydrogen) atoms. The van der Waals surface area contributed by atoms with Gasteiger partial charge >= 0.3 is 0 Å². The Bertz CT molecular complexity index is 2030. The zero-order valence-corrected chi connectivity index (χ0v) is 21.9. The maximum atomic E-state index is 4.67.